The molecule has 6 heteroatoms. The molecule has 21 heavy (non-hydrogen) atoms. The molecular weight excluding hydrogens is 309 g/mol. The molecule has 0 saturated heterocycles. The summed E-state index contributed by atoms with van der Waals surface area (Å²) in [6.07, 6.45) is 1.68. The van der Waals surface area contributed by atoms with Crippen LogP contribution >= 0.6 is 23.2 Å². The molecule has 0 aliphatic rings. The molecule has 0 radical (unpaired) electrons. The quantitative estimate of drug-likeness (QED) is 0.829. The predicted octanol–water partition coefficient (Wildman–Crippen LogP) is 4.36. The Kier molecular flexibility index (Phi) is 5.25. The van der Waals surface area contributed by atoms with Gasteiger partial charge in [-0.1, -0.05) is 23.2 Å². The molecule has 0 bridgehead atoms. The highest BCUT2D eigenvalue weighted by molar-refractivity contribution is 6.35. The Labute approximate surface area is 134 Å². The van der Waals surface area contributed by atoms with Gasteiger partial charge in [0.05, 0.1) is 0 Å². The summed E-state index contributed by atoms with van der Waals surface area (Å²) in [7, 11) is 0. The maximum atomic E-state index is 5.97. The summed E-state index contributed by atoms with van der Waals surface area (Å²) in [6.45, 7) is 7.33. The average molecular weight is 328 g/mol. The van der Waals surface area contributed by atoms with Crippen molar-refractivity contribution in [3.63, 3.8) is 0 Å². The predicted molar refractivity (Wildman–Crippen MR) is 85.8 cm³/mol. The van der Waals surface area contributed by atoms with Crippen molar-refractivity contribution in [2.75, 3.05) is 6.54 Å². The third-order valence-electron chi connectivity index (χ3n) is 2.80. The Morgan fingerprint density at radius 3 is 2.38 bits per heavy atom. The van der Waals surface area contributed by atoms with Crippen molar-refractivity contribution in [1.29, 1.82) is 0 Å². The summed E-state index contributed by atoms with van der Waals surface area (Å²) in [5.41, 5.74) is 0.858. The van der Waals surface area contributed by atoms with Gasteiger partial charge < -0.3 is 9.73 Å². The molecular formula is C15H19Cl2N3O. The molecule has 0 aliphatic heterocycles. The molecule has 4 nitrogen and oxygen atoms in total. The number of hydrogen-bond donors (Lipinski definition) is 1. The third kappa shape index (κ3) is 5.30. The highest BCUT2D eigenvalue weighted by Crippen LogP contribution is 2.26. The van der Waals surface area contributed by atoms with Gasteiger partial charge >= 0.3 is 0 Å². The summed E-state index contributed by atoms with van der Waals surface area (Å²) in [6, 6.07) is 5.18. The van der Waals surface area contributed by atoms with Crippen LogP contribution in [0.25, 0.3) is 11.5 Å². The standard InChI is InChI=1S/C15H19Cl2N3O/c1-15(2,3)18-6-4-5-13-19-20-14(21-13)10-7-11(16)9-12(17)8-10/h7-9,18H,4-6H2,1-3H3. The van der Waals surface area contributed by atoms with Gasteiger partial charge in [0.25, 0.3) is 0 Å². The number of aromatic nitrogens is 2. The van der Waals surface area contributed by atoms with Crippen LogP contribution in [-0.4, -0.2) is 22.3 Å². The lowest BCUT2D eigenvalue weighted by Gasteiger charge is -2.19. The highest BCUT2D eigenvalue weighted by atomic mass is 35.5. The van der Waals surface area contributed by atoms with E-state index in [-0.39, 0.29) is 5.54 Å². The largest absolute Gasteiger partial charge is 0.421 e. The molecule has 0 fully saturated rings. The van der Waals surface area contributed by atoms with Crippen LogP contribution < -0.4 is 5.32 Å². The normalized spacial score (nSPS) is 11.9. The second-order valence-electron chi connectivity index (χ2n) is 5.94. The van der Waals surface area contributed by atoms with E-state index in [9.17, 15) is 0 Å². The molecule has 1 aromatic carbocycles. The van der Waals surface area contributed by atoms with Crippen molar-refractivity contribution in [2.24, 2.45) is 0 Å². The monoisotopic (exact) mass is 327 g/mol. The van der Waals surface area contributed by atoms with Crippen LogP contribution in [0, 0.1) is 0 Å². The Hall–Kier alpha value is -1.10. The first kappa shape index (κ1) is 16.3. The summed E-state index contributed by atoms with van der Waals surface area (Å²) >= 11 is 11.9. The zero-order valence-electron chi connectivity index (χ0n) is 12.4. The maximum absolute atomic E-state index is 5.97. The van der Waals surface area contributed by atoms with E-state index < -0.39 is 0 Å². The lowest BCUT2D eigenvalue weighted by molar-refractivity contribution is 0.412. The molecule has 0 amide bonds. The van der Waals surface area contributed by atoms with Gasteiger partial charge in [0.15, 0.2) is 0 Å². The lowest BCUT2D eigenvalue weighted by Crippen LogP contribution is -2.36. The molecule has 0 aliphatic carbocycles. The molecule has 0 atom stereocenters. The highest BCUT2D eigenvalue weighted by Gasteiger charge is 2.11. The first-order valence-electron chi connectivity index (χ1n) is 6.87. The van der Waals surface area contributed by atoms with Crippen molar-refractivity contribution < 1.29 is 4.42 Å². The molecule has 2 aromatic rings. The van der Waals surface area contributed by atoms with Gasteiger partial charge in [0.2, 0.25) is 11.8 Å². The van der Waals surface area contributed by atoms with Crippen LogP contribution in [-0.2, 0) is 6.42 Å². The number of nitrogens with one attached hydrogen (secondary N) is 1. The van der Waals surface area contributed by atoms with Crippen molar-refractivity contribution in [3.05, 3.63) is 34.1 Å². The smallest absolute Gasteiger partial charge is 0.247 e. The minimum Gasteiger partial charge on any atom is -0.421 e. The molecule has 114 valence electrons. The molecule has 1 heterocycles. The van der Waals surface area contributed by atoms with Gasteiger partial charge in [0.1, 0.15) is 0 Å². The van der Waals surface area contributed by atoms with Gasteiger partial charge in [-0.05, 0) is 51.9 Å². The Morgan fingerprint density at radius 1 is 1.10 bits per heavy atom. The summed E-state index contributed by atoms with van der Waals surface area (Å²) < 4.78 is 5.64. The average Bonchev–Trinajstić information content (AvgIpc) is 2.81. The van der Waals surface area contributed by atoms with Crippen molar-refractivity contribution in [1.82, 2.24) is 15.5 Å². The van der Waals surface area contributed by atoms with E-state index in [4.69, 9.17) is 27.6 Å². The molecule has 0 unspecified atom stereocenters. The molecule has 1 aromatic heterocycles. The van der Waals surface area contributed by atoms with Gasteiger partial charge in [-0.25, -0.2) is 0 Å². The minimum absolute atomic E-state index is 0.123. The fourth-order valence-corrected chi connectivity index (χ4v) is 2.38. The Bertz CT molecular complexity index is 585. The van der Waals surface area contributed by atoms with E-state index in [2.05, 4.69) is 36.3 Å². The molecule has 1 N–H and O–H groups in total. The van der Waals surface area contributed by atoms with Crippen LogP contribution in [0.3, 0.4) is 0 Å². The van der Waals surface area contributed by atoms with E-state index in [0.717, 1.165) is 24.9 Å². The van der Waals surface area contributed by atoms with Gasteiger partial charge in [-0.3, -0.25) is 0 Å². The Balaban J connectivity index is 1.95. The zero-order valence-corrected chi connectivity index (χ0v) is 13.9. The number of aryl methyl sites for hydroxylation is 1. The topological polar surface area (TPSA) is 51.0 Å². The summed E-state index contributed by atoms with van der Waals surface area (Å²) in [4.78, 5) is 0. The van der Waals surface area contributed by atoms with E-state index in [0.29, 0.717) is 21.8 Å². The zero-order chi connectivity index (χ0) is 15.5. The SMILES string of the molecule is CC(C)(C)NCCCc1nnc(-c2cc(Cl)cc(Cl)c2)o1. The van der Waals surface area contributed by atoms with E-state index in [1.165, 1.54) is 0 Å². The fraction of sp³-hybridized carbons (Fsp3) is 0.467. The van der Waals surface area contributed by atoms with Crippen LogP contribution in [0.2, 0.25) is 10.0 Å². The maximum Gasteiger partial charge on any atom is 0.247 e. The van der Waals surface area contributed by atoms with Crippen LogP contribution in [0.4, 0.5) is 0 Å². The summed E-state index contributed by atoms with van der Waals surface area (Å²) in [5, 5.41) is 12.6. The van der Waals surface area contributed by atoms with E-state index >= 15 is 0 Å². The number of nitrogens with zero attached hydrogens (tertiary/aromatic N) is 2. The van der Waals surface area contributed by atoms with Crippen LogP contribution in [0.15, 0.2) is 22.6 Å². The van der Waals surface area contributed by atoms with Crippen LogP contribution in [0.1, 0.15) is 33.1 Å². The fourth-order valence-electron chi connectivity index (χ4n) is 1.85. The lowest BCUT2D eigenvalue weighted by atomic mass is 10.1. The number of halogens is 2. The van der Waals surface area contributed by atoms with Crippen LogP contribution in [0.5, 0.6) is 0 Å². The number of hydrogen-bond acceptors (Lipinski definition) is 4. The Morgan fingerprint density at radius 2 is 1.76 bits per heavy atom. The molecule has 0 spiro atoms. The first-order valence-corrected chi connectivity index (χ1v) is 7.63. The third-order valence-corrected chi connectivity index (χ3v) is 3.24. The van der Waals surface area contributed by atoms with Gasteiger partial charge in [-0.15, -0.1) is 10.2 Å². The van der Waals surface area contributed by atoms with Gasteiger partial charge in [-0.2, -0.15) is 0 Å². The van der Waals surface area contributed by atoms with Crippen molar-refractivity contribution in [3.8, 4) is 11.5 Å². The van der Waals surface area contributed by atoms with E-state index in [1.807, 2.05) is 0 Å². The first-order chi connectivity index (χ1) is 9.83. The van der Waals surface area contributed by atoms with E-state index in [1.54, 1.807) is 18.2 Å². The number of rotatable bonds is 5. The minimum atomic E-state index is 0.123. The second-order valence-corrected chi connectivity index (χ2v) is 6.81. The molecule has 2 rings (SSSR count). The summed E-state index contributed by atoms with van der Waals surface area (Å²) in [5.74, 6) is 1.06. The van der Waals surface area contributed by atoms with Crippen molar-refractivity contribution >= 4 is 23.2 Å². The number of benzene rings is 1. The van der Waals surface area contributed by atoms with Gasteiger partial charge in [0, 0.05) is 27.6 Å². The second kappa shape index (κ2) is 6.77. The molecule has 0 saturated carbocycles. The van der Waals surface area contributed by atoms with Crippen molar-refractivity contribution in [2.45, 2.75) is 39.2 Å².